The van der Waals surface area contributed by atoms with E-state index < -0.39 is 0 Å². The van der Waals surface area contributed by atoms with Crippen molar-refractivity contribution < 1.29 is 16.1 Å². The van der Waals surface area contributed by atoms with Crippen molar-refractivity contribution in [3.8, 4) is 5.95 Å². The van der Waals surface area contributed by atoms with Gasteiger partial charge in [0.15, 0.2) is 0 Å². The van der Waals surface area contributed by atoms with E-state index in [1.54, 1.807) is 30.4 Å². The lowest BCUT2D eigenvalue weighted by Gasteiger charge is -2.22. The summed E-state index contributed by atoms with van der Waals surface area (Å²) in [6.07, 6.45) is 13.2. The summed E-state index contributed by atoms with van der Waals surface area (Å²) < 4.78 is 6.19. The Morgan fingerprint density at radius 1 is 1.29 bits per heavy atom. The van der Waals surface area contributed by atoms with E-state index in [4.69, 9.17) is 5.11 Å². The molecule has 0 aromatic carbocycles. The molecule has 154 valence electrons. The van der Waals surface area contributed by atoms with E-state index in [0.717, 1.165) is 31.4 Å². The minimum Gasteiger partial charge on any atom is -0.394 e. The quantitative estimate of drug-likeness (QED) is 0.787. The first kappa shape index (κ1) is 20.4. The largest absolute Gasteiger partial charge is 0.394 e. The first-order valence-electron chi connectivity index (χ1n) is 9.99. The number of nitrogens with zero attached hydrogens (tertiary/aromatic N) is 4. The molecule has 2 aliphatic rings. The fourth-order valence-electron chi connectivity index (χ4n) is 3.25. The highest BCUT2D eigenvalue weighted by Crippen LogP contribution is 2.39. The summed E-state index contributed by atoms with van der Waals surface area (Å²) in [6, 6.07) is 2.14. The molecule has 2 saturated carbocycles. The SMILES string of the molecule is COCCO.O=C(NC1CCCCC1)c1cc(C2CC2)nc(-n2ccnc2)n1.[HH]. The van der Waals surface area contributed by atoms with Crippen molar-refractivity contribution in [3.63, 3.8) is 0 Å². The van der Waals surface area contributed by atoms with Crippen LogP contribution in [0.15, 0.2) is 24.8 Å². The minimum atomic E-state index is -0.0810. The molecule has 0 atom stereocenters. The average Bonchev–Trinajstić information content (AvgIpc) is 3.43. The number of aromatic nitrogens is 4. The highest BCUT2D eigenvalue weighted by Gasteiger charge is 2.28. The number of aliphatic hydroxyl groups is 1. The minimum absolute atomic E-state index is 0. The van der Waals surface area contributed by atoms with Gasteiger partial charge in [-0.1, -0.05) is 19.3 Å². The van der Waals surface area contributed by atoms with Gasteiger partial charge in [0.05, 0.1) is 13.2 Å². The van der Waals surface area contributed by atoms with E-state index in [-0.39, 0.29) is 20.0 Å². The summed E-state index contributed by atoms with van der Waals surface area (Å²) in [5, 5.41) is 11.1. The lowest BCUT2D eigenvalue weighted by molar-refractivity contribution is 0.0922. The van der Waals surface area contributed by atoms with Gasteiger partial charge >= 0.3 is 0 Å². The Bertz CT molecular complexity index is 745. The standard InChI is InChI=1S/C17H21N5O.C3H8O2.H2/c23-16(19-13-4-2-1-3-5-13)15-10-14(12-6-7-12)20-17(21-15)22-9-8-18-11-22;1-5-3-2-4;/h8-13H,1-7H2,(H,19,23);4H,2-3H2,1H3;1H. The number of methoxy groups -OCH3 is 1. The fourth-order valence-corrected chi connectivity index (χ4v) is 3.25. The Hall–Kier alpha value is -2.32. The third kappa shape index (κ3) is 5.84. The number of hydrogen-bond donors (Lipinski definition) is 2. The summed E-state index contributed by atoms with van der Waals surface area (Å²) in [7, 11) is 1.55. The number of carbonyl (C=O) groups is 1. The zero-order chi connectivity index (χ0) is 19.8. The molecule has 1 amide bonds. The Balaban J connectivity index is 0.000000450. The van der Waals surface area contributed by atoms with Gasteiger partial charge < -0.3 is 15.2 Å². The number of amides is 1. The van der Waals surface area contributed by atoms with E-state index in [0.29, 0.717) is 24.2 Å². The maximum Gasteiger partial charge on any atom is 0.270 e. The molecular weight excluding hydrogens is 358 g/mol. The number of imidazole rings is 1. The first-order valence-corrected chi connectivity index (χ1v) is 9.99. The third-order valence-electron chi connectivity index (χ3n) is 4.93. The van der Waals surface area contributed by atoms with Crippen LogP contribution in [0.4, 0.5) is 0 Å². The predicted octanol–water partition coefficient (Wildman–Crippen LogP) is 2.47. The molecule has 0 aliphatic heterocycles. The van der Waals surface area contributed by atoms with Gasteiger partial charge in [-0.05, 0) is 31.7 Å². The van der Waals surface area contributed by atoms with Gasteiger partial charge in [-0.15, -0.1) is 0 Å². The highest BCUT2D eigenvalue weighted by molar-refractivity contribution is 5.92. The lowest BCUT2D eigenvalue weighted by Crippen LogP contribution is -2.36. The molecule has 2 aromatic rings. The van der Waals surface area contributed by atoms with E-state index in [9.17, 15) is 4.79 Å². The Morgan fingerprint density at radius 3 is 2.64 bits per heavy atom. The molecule has 0 spiro atoms. The number of aliphatic hydroxyl groups excluding tert-OH is 1. The molecule has 0 saturated heterocycles. The Kier molecular flexibility index (Phi) is 7.50. The van der Waals surface area contributed by atoms with Crippen LogP contribution in [0.3, 0.4) is 0 Å². The van der Waals surface area contributed by atoms with Crippen LogP contribution in [0.25, 0.3) is 5.95 Å². The zero-order valence-electron chi connectivity index (χ0n) is 16.4. The summed E-state index contributed by atoms with van der Waals surface area (Å²) >= 11 is 0. The van der Waals surface area contributed by atoms with Gasteiger partial charge in [-0.2, -0.15) is 0 Å². The van der Waals surface area contributed by atoms with Crippen LogP contribution in [-0.2, 0) is 4.74 Å². The number of carbonyl (C=O) groups excluding carboxylic acids is 1. The lowest BCUT2D eigenvalue weighted by atomic mass is 9.95. The molecule has 2 aromatic heterocycles. The van der Waals surface area contributed by atoms with E-state index in [2.05, 4.69) is 25.0 Å². The second-order valence-electron chi connectivity index (χ2n) is 7.25. The molecule has 8 heteroatoms. The van der Waals surface area contributed by atoms with Crippen molar-refractivity contribution in [2.24, 2.45) is 0 Å². The molecule has 28 heavy (non-hydrogen) atoms. The summed E-state index contributed by atoms with van der Waals surface area (Å²) in [6.45, 7) is 0.566. The van der Waals surface area contributed by atoms with Crippen LogP contribution >= 0.6 is 0 Å². The van der Waals surface area contributed by atoms with Gasteiger partial charge in [0.25, 0.3) is 5.91 Å². The first-order chi connectivity index (χ1) is 13.7. The normalized spacial score (nSPS) is 16.9. The van der Waals surface area contributed by atoms with Crippen LogP contribution in [0.5, 0.6) is 0 Å². The van der Waals surface area contributed by atoms with Crippen molar-refractivity contribution in [1.29, 1.82) is 0 Å². The van der Waals surface area contributed by atoms with Crippen LogP contribution in [0, 0.1) is 0 Å². The van der Waals surface area contributed by atoms with E-state index in [1.807, 2.05) is 6.07 Å². The highest BCUT2D eigenvalue weighted by atomic mass is 16.5. The molecule has 4 rings (SSSR count). The Morgan fingerprint density at radius 2 is 2.07 bits per heavy atom. The molecule has 0 radical (unpaired) electrons. The number of rotatable bonds is 6. The van der Waals surface area contributed by atoms with Crippen LogP contribution < -0.4 is 5.32 Å². The monoisotopic (exact) mass is 389 g/mol. The second-order valence-corrected chi connectivity index (χ2v) is 7.25. The smallest absolute Gasteiger partial charge is 0.270 e. The van der Waals surface area contributed by atoms with Gasteiger partial charge in [-0.25, -0.2) is 15.0 Å². The molecule has 2 N–H and O–H groups in total. The molecule has 2 fully saturated rings. The van der Waals surface area contributed by atoms with Gasteiger partial charge in [-0.3, -0.25) is 9.36 Å². The van der Waals surface area contributed by atoms with Gasteiger partial charge in [0.2, 0.25) is 5.95 Å². The maximum atomic E-state index is 12.6. The molecule has 2 aliphatic carbocycles. The third-order valence-corrected chi connectivity index (χ3v) is 4.93. The maximum absolute atomic E-state index is 12.6. The average molecular weight is 390 g/mol. The summed E-state index contributed by atoms with van der Waals surface area (Å²) in [5.41, 5.74) is 1.44. The number of nitrogens with one attached hydrogen (secondary N) is 1. The molecular formula is C20H31N5O3. The van der Waals surface area contributed by atoms with Crippen molar-refractivity contribution in [1.82, 2.24) is 24.8 Å². The van der Waals surface area contributed by atoms with Crippen LogP contribution in [0.2, 0.25) is 0 Å². The molecule has 2 heterocycles. The number of ether oxygens (including phenoxy) is 1. The van der Waals surface area contributed by atoms with Crippen molar-refractivity contribution in [2.75, 3.05) is 20.3 Å². The second kappa shape index (κ2) is 10.3. The van der Waals surface area contributed by atoms with Gasteiger partial charge in [0, 0.05) is 38.6 Å². The van der Waals surface area contributed by atoms with Crippen molar-refractivity contribution in [3.05, 3.63) is 36.2 Å². The van der Waals surface area contributed by atoms with Crippen LogP contribution in [0.1, 0.15) is 68.5 Å². The van der Waals surface area contributed by atoms with E-state index >= 15 is 0 Å². The van der Waals surface area contributed by atoms with Crippen molar-refractivity contribution >= 4 is 5.91 Å². The van der Waals surface area contributed by atoms with Gasteiger partial charge in [0.1, 0.15) is 12.0 Å². The predicted molar refractivity (Wildman–Crippen MR) is 107 cm³/mol. The molecule has 8 nitrogen and oxygen atoms in total. The molecule has 0 unspecified atom stereocenters. The van der Waals surface area contributed by atoms with Crippen molar-refractivity contribution in [2.45, 2.75) is 56.9 Å². The molecule has 0 bridgehead atoms. The van der Waals surface area contributed by atoms with E-state index in [1.165, 1.54) is 19.3 Å². The zero-order valence-corrected chi connectivity index (χ0v) is 16.4. The fraction of sp³-hybridized carbons (Fsp3) is 0.600. The topological polar surface area (TPSA) is 102 Å². The Labute approximate surface area is 166 Å². The summed E-state index contributed by atoms with van der Waals surface area (Å²) in [5.74, 6) is 0.921. The van der Waals surface area contributed by atoms with Crippen LogP contribution in [-0.4, -0.2) is 56.9 Å². The summed E-state index contributed by atoms with van der Waals surface area (Å²) in [4.78, 5) is 25.7. The number of hydrogen-bond acceptors (Lipinski definition) is 6.